The van der Waals surface area contributed by atoms with Crippen LogP contribution in [0.5, 0.6) is 0 Å². The largest absolute Gasteiger partial charge is 0.414 e. The van der Waals surface area contributed by atoms with Crippen LogP contribution in [0.4, 0.5) is 13.2 Å². The molecule has 1 unspecified atom stereocenters. The standard InChI is InChI=1S/C8H5ClF3S/c9-7(8(10,11)12)13-6-4-2-1-3-5-6/h1-2,4-5,7H. The van der Waals surface area contributed by atoms with E-state index in [9.17, 15) is 13.2 Å². The Morgan fingerprint density at radius 1 is 1.46 bits per heavy atom. The molecule has 1 aromatic rings. The average molecular weight is 226 g/mol. The van der Waals surface area contributed by atoms with Gasteiger partial charge in [-0.05, 0) is 18.2 Å². The van der Waals surface area contributed by atoms with E-state index < -0.39 is 10.9 Å². The molecule has 0 N–H and O–H groups in total. The third kappa shape index (κ3) is 3.48. The summed E-state index contributed by atoms with van der Waals surface area (Å²) in [5.41, 5.74) is 0. The fraction of sp³-hybridized carbons (Fsp3) is 0.250. The van der Waals surface area contributed by atoms with Crippen molar-refractivity contribution < 1.29 is 13.2 Å². The number of thioether (sulfide) groups is 1. The molecule has 5 heteroatoms. The van der Waals surface area contributed by atoms with Gasteiger partial charge in [-0.2, -0.15) is 13.2 Å². The van der Waals surface area contributed by atoms with E-state index >= 15 is 0 Å². The molecule has 0 aliphatic heterocycles. The predicted molar refractivity (Wildman–Crippen MR) is 46.8 cm³/mol. The zero-order valence-corrected chi connectivity index (χ0v) is 7.88. The summed E-state index contributed by atoms with van der Waals surface area (Å²) < 4.78 is 34.0. The topological polar surface area (TPSA) is 0 Å². The third-order valence-corrected chi connectivity index (χ3v) is 2.69. The second-order valence-corrected chi connectivity index (χ2v) is 4.09. The minimum absolute atomic E-state index is 0.458. The molecule has 0 amide bonds. The summed E-state index contributed by atoms with van der Waals surface area (Å²) in [6, 6.07) is 8.92. The van der Waals surface area contributed by atoms with Crippen LogP contribution in [-0.2, 0) is 0 Å². The summed E-state index contributed by atoms with van der Waals surface area (Å²) >= 11 is 5.68. The number of alkyl halides is 4. The molecule has 0 heterocycles. The van der Waals surface area contributed by atoms with Crippen molar-refractivity contribution in [3.63, 3.8) is 0 Å². The molecular weight excluding hydrogens is 221 g/mol. The number of benzene rings is 1. The molecule has 13 heavy (non-hydrogen) atoms. The zero-order valence-electron chi connectivity index (χ0n) is 6.31. The molecule has 0 aliphatic carbocycles. The normalized spacial score (nSPS) is 14.2. The Kier molecular flexibility index (Phi) is 3.50. The van der Waals surface area contributed by atoms with E-state index in [0.29, 0.717) is 16.7 Å². The molecule has 1 atom stereocenters. The first kappa shape index (κ1) is 10.7. The van der Waals surface area contributed by atoms with Crippen molar-refractivity contribution in [3.8, 4) is 0 Å². The molecule has 0 saturated heterocycles. The highest BCUT2D eigenvalue weighted by atomic mass is 35.5. The molecule has 0 aromatic heterocycles. The highest BCUT2D eigenvalue weighted by Gasteiger charge is 2.38. The summed E-state index contributed by atoms with van der Waals surface area (Å²) in [4.78, 5) is 0.458. The maximum atomic E-state index is 12.0. The van der Waals surface area contributed by atoms with E-state index in [1.807, 2.05) is 0 Å². The van der Waals surface area contributed by atoms with Crippen LogP contribution in [0, 0.1) is 6.07 Å². The van der Waals surface area contributed by atoms with Crippen LogP contribution >= 0.6 is 23.4 Å². The molecule has 0 aliphatic rings. The van der Waals surface area contributed by atoms with E-state index in [1.165, 1.54) is 6.07 Å². The summed E-state index contributed by atoms with van der Waals surface area (Å²) in [5, 5.41) is 0. The van der Waals surface area contributed by atoms with Gasteiger partial charge >= 0.3 is 6.18 Å². The highest BCUT2D eigenvalue weighted by Crippen LogP contribution is 2.37. The lowest BCUT2D eigenvalue weighted by Gasteiger charge is -2.12. The number of halogens is 4. The lowest BCUT2D eigenvalue weighted by atomic mass is 10.4. The van der Waals surface area contributed by atoms with Gasteiger partial charge in [0.15, 0.2) is 4.71 Å². The summed E-state index contributed by atoms with van der Waals surface area (Å²) in [5.74, 6) is 0. The van der Waals surface area contributed by atoms with Gasteiger partial charge in [-0.15, -0.1) is 11.6 Å². The SMILES string of the molecule is FC(F)(F)C(Cl)Sc1c[c]ccc1. The second kappa shape index (κ2) is 4.24. The zero-order chi connectivity index (χ0) is 9.90. The first-order valence-electron chi connectivity index (χ1n) is 3.34. The summed E-state index contributed by atoms with van der Waals surface area (Å²) in [7, 11) is 0. The van der Waals surface area contributed by atoms with Crippen LogP contribution in [0.15, 0.2) is 29.2 Å². The van der Waals surface area contributed by atoms with Crippen LogP contribution in [-0.4, -0.2) is 10.9 Å². The van der Waals surface area contributed by atoms with Crippen molar-refractivity contribution in [3.05, 3.63) is 30.3 Å². The molecule has 0 saturated carbocycles. The molecule has 0 fully saturated rings. The van der Waals surface area contributed by atoms with E-state index in [2.05, 4.69) is 6.07 Å². The van der Waals surface area contributed by atoms with Crippen LogP contribution < -0.4 is 0 Å². The number of hydrogen-bond acceptors (Lipinski definition) is 1. The van der Waals surface area contributed by atoms with Crippen molar-refractivity contribution in [1.82, 2.24) is 0 Å². The van der Waals surface area contributed by atoms with Crippen molar-refractivity contribution in [2.75, 3.05) is 0 Å². The monoisotopic (exact) mass is 225 g/mol. The Balaban J connectivity index is 2.61. The molecule has 0 bridgehead atoms. The van der Waals surface area contributed by atoms with Gasteiger partial charge in [0.2, 0.25) is 0 Å². The van der Waals surface area contributed by atoms with Gasteiger partial charge in [-0.1, -0.05) is 23.9 Å². The molecule has 71 valence electrons. The Hall–Kier alpha value is -0.350. The van der Waals surface area contributed by atoms with Gasteiger partial charge in [0.1, 0.15) is 0 Å². The molecule has 0 spiro atoms. The number of hydrogen-bond donors (Lipinski definition) is 0. The van der Waals surface area contributed by atoms with Gasteiger partial charge < -0.3 is 0 Å². The van der Waals surface area contributed by atoms with E-state index in [0.717, 1.165) is 0 Å². The fourth-order valence-corrected chi connectivity index (χ4v) is 1.61. The third-order valence-electron chi connectivity index (χ3n) is 1.18. The van der Waals surface area contributed by atoms with Crippen LogP contribution in [0.2, 0.25) is 0 Å². The van der Waals surface area contributed by atoms with Gasteiger partial charge in [-0.3, -0.25) is 0 Å². The quantitative estimate of drug-likeness (QED) is 0.546. The first-order valence-corrected chi connectivity index (χ1v) is 4.65. The number of rotatable bonds is 2. The Morgan fingerprint density at radius 2 is 2.15 bits per heavy atom. The van der Waals surface area contributed by atoms with Crippen molar-refractivity contribution in [2.24, 2.45) is 0 Å². The van der Waals surface area contributed by atoms with Gasteiger partial charge in [0.25, 0.3) is 0 Å². The van der Waals surface area contributed by atoms with Crippen molar-refractivity contribution in [2.45, 2.75) is 15.8 Å². The molecular formula is C8H5ClF3S. The van der Waals surface area contributed by atoms with Crippen molar-refractivity contribution >= 4 is 23.4 Å². The van der Waals surface area contributed by atoms with E-state index in [1.54, 1.807) is 18.2 Å². The van der Waals surface area contributed by atoms with E-state index in [4.69, 9.17) is 11.6 Å². The minimum atomic E-state index is -4.37. The summed E-state index contributed by atoms with van der Waals surface area (Å²) in [6.45, 7) is 0. The lowest BCUT2D eigenvalue weighted by Crippen LogP contribution is -2.19. The van der Waals surface area contributed by atoms with Crippen LogP contribution in [0.25, 0.3) is 0 Å². The lowest BCUT2D eigenvalue weighted by molar-refractivity contribution is -0.113. The Morgan fingerprint density at radius 3 is 2.62 bits per heavy atom. The molecule has 0 nitrogen and oxygen atoms in total. The predicted octanol–water partition coefficient (Wildman–Crippen LogP) is 3.71. The molecule has 1 radical (unpaired) electrons. The average Bonchev–Trinajstić information content (AvgIpc) is 2.04. The molecule has 1 aromatic carbocycles. The maximum Gasteiger partial charge on any atom is 0.414 e. The highest BCUT2D eigenvalue weighted by molar-refractivity contribution is 8.01. The Labute approximate surface area is 83.1 Å². The van der Waals surface area contributed by atoms with Crippen LogP contribution in [0.1, 0.15) is 0 Å². The summed E-state index contributed by atoms with van der Waals surface area (Å²) in [6.07, 6.45) is -4.37. The smallest absolute Gasteiger partial charge is 0.168 e. The second-order valence-electron chi connectivity index (χ2n) is 2.21. The van der Waals surface area contributed by atoms with Crippen LogP contribution in [0.3, 0.4) is 0 Å². The van der Waals surface area contributed by atoms with Gasteiger partial charge in [-0.25, -0.2) is 0 Å². The Bertz CT molecular complexity index is 260. The first-order chi connectivity index (χ1) is 6.00. The van der Waals surface area contributed by atoms with Crippen molar-refractivity contribution in [1.29, 1.82) is 0 Å². The maximum absolute atomic E-state index is 12.0. The van der Waals surface area contributed by atoms with Gasteiger partial charge in [0.05, 0.1) is 0 Å². The molecule has 1 rings (SSSR count). The van der Waals surface area contributed by atoms with E-state index in [-0.39, 0.29) is 0 Å². The van der Waals surface area contributed by atoms with Gasteiger partial charge in [0, 0.05) is 4.90 Å². The fourth-order valence-electron chi connectivity index (χ4n) is 0.636. The minimum Gasteiger partial charge on any atom is -0.168 e.